The number of hydrazine groups is 1. The van der Waals surface area contributed by atoms with E-state index >= 15 is 0 Å². The number of nitrogens with one attached hydrogen (secondary N) is 2. The average molecular weight is 276 g/mol. The molecule has 0 aromatic rings. The molecule has 0 saturated heterocycles. The Balaban J connectivity index is 1.99. The van der Waals surface area contributed by atoms with Crippen molar-refractivity contribution in [3.8, 4) is 0 Å². The maximum Gasteiger partial charge on any atom is 0.240 e. The monoisotopic (exact) mass is 276 g/mol. The van der Waals surface area contributed by atoms with Crippen LogP contribution in [0.15, 0.2) is 40.6 Å². The number of halogens is 1. The van der Waals surface area contributed by atoms with Crippen LogP contribution in [0.3, 0.4) is 0 Å². The Morgan fingerprint density at radius 1 is 1.55 bits per heavy atom. The third kappa shape index (κ3) is 2.16. The van der Waals surface area contributed by atoms with Crippen molar-refractivity contribution >= 4 is 11.6 Å². The van der Waals surface area contributed by atoms with Gasteiger partial charge in [-0.15, -0.1) is 0 Å². The second kappa shape index (κ2) is 4.86. The van der Waals surface area contributed by atoms with Gasteiger partial charge in [0.15, 0.2) is 0 Å². The molecule has 0 radical (unpaired) electrons. The Labute approximate surface area is 116 Å². The van der Waals surface area contributed by atoms with Crippen LogP contribution >= 0.6 is 0 Å². The molecular weight excluding hydrogens is 259 g/mol. The van der Waals surface area contributed by atoms with Crippen LogP contribution in [0.25, 0.3) is 0 Å². The smallest absolute Gasteiger partial charge is 0.240 e. The number of allylic oxidation sites excluding steroid dienone is 3. The lowest BCUT2D eigenvalue weighted by Gasteiger charge is -2.28. The molecule has 0 aliphatic carbocycles. The lowest BCUT2D eigenvalue weighted by atomic mass is 9.90. The van der Waals surface area contributed by atoms with Gasteiger partial charge in [0.05, 0.1) is 17.6 Å². The summed E-state index contributed by atoms with van der Waals surface area (Å²) in [5, 5.41) is 5.82. The van der Waals surface area contributed by atoms with Gasteiger partial charge in [-0.3, -0.25) is 9.80 Å². The molecule has 0 bridgehead atoms. The highest BCUT2D eigenvalue weighted by molar-refractivity contribution is 6.08. The van der Waals surface area contributed by atoms with Crippen LogP contribution in [0.1, 0.15) is 26.7 Å². The molecule has 0 aromatic heterocycles. The zero-order chi connectivity index (χ0) is 14.3. The van der Waals surface area contributed by atoms with E-state index in [0.29, 0.717) is 6.42 Å². The molecule has 0 fully saturated rings. The number of carbonyl (C=O) groups excluding carboxylic acids is 1. The summed E-state index contributed by atoms with van der Waals surface area (Å²) in [6.45, 7) is 4.00. The molecule has 3 heterocycles. The average Bonchev–Trinajstić information content (AvgIpc) is 2.81. The predicted octanol–water partition coefficient (Wildman–Crippen LogP) is 1.73. The molecule has 6 heteroatoms. The van der Waals surface area contributed by atoms with Crippen molar-refractivity contribution in [2.75, 3.05) is 0 Å². The Kier molecular flexibility index (Phi) is 3.17. The first-order valence-corrected chi connectivity index (χ1v) is 6.82. The third-order valence-electron chi connectivity index (χ3n) is 3.71. The number of nitrogens with zero attached hydrogens (tertiary/aromatic N) is 2. The van der Waals surface area contributed by atoms with Gasteiger partial charge in [-0.25, -0.2) is 15.2 Å². The first-order chi connectivity index (χ1) is 9.58. The molecule has 3 rings (SSSR count). The van der Waals surface area contributed by atoms with Crippen molar-refractivity contribution < 1.29 is 9.18 Å². The maximum absolute atomic E-state index is 13.8. The van der Waals surface area contributed by atoms with E-state index < -0.39 is 0 Å². The fourth-order valence-electron chi connectivity index (χ4n) is 2.65. The van der Waals surface area contributed by atoms with Gasteiger partial charge in [-0.1, -0.05) is 13.8 Å². The minimum Gasteiger partial charge on any atom is -0.280 e. The van der Waals surface area contributed by atoms with Crippen LogP contribution in [0, 0.1) is 5.92 Å². The number of amides is 1. The molecule has 3 aliphatic rings. The van der Waals surface area contributed by atoms with Crippen LogP contribution in [0.5, 0.6) is 0 Å². The van der Waals surface area contributed by atoms with Gasteiger partial charge in [0.2, 0.25) is 5.91 Å². The third-order valence-corrected chi connectivity index (χ3v) is 3.71. The van der Waals surface area contributed by atoms with Crippen molar-refractivity contribution in [3.63, 3.8) is 0 Å². The largest absolute Gasteiger partial charge is 0.280 e. The SMILES string of the molecule is CCC1C=C2C(C3=NNC(=O)CC3C)=CC(F)=CN2N1. The molecule has 5 nitrogen and oxygen atoms in total. The molecule has 2 unspecified atom stereocenters. The summed E-state index contributed by atoms with van der Waals surface area (Å²) in [5.41, 5.74) is 8.05. The Morgan fingerprint density at radius 2 is 2.35 bits per heavy atom. The number of fused-ring (bicyclic) bond motifs is 1. The van der Waals surface area contributed by atoms with E-state index in [1.807, 2.05) is 6.92 Å². The highest BCUT2D eigenvalue weighted by atomic mass is 19.1. The second-order valence-corrected chi connectivity index (χ2v) is 5.27. The summed E-state index contributed by atoms with van der Waals surface area (Å²) in [5.74, 6) is -0.451. The van der Waals surface area contributed by atoms with Gasteiger partial charge in [0.25, 0.3) is 0 Å². The normalized spacial score (nSPS) is 29.1. The molecule has 3 aliphatic heterocycles. The molecule has 20 heavy (non-hydrogen) atoms. The maximum atomic E-state index is 13.8. The minimum absolute atomic E-state index is 0.0238. The van der Waals surface area contributed by atoms with Crippen LogP contribution in [-0.2, 0) is 4.79 Å². The molecule has 0 spiro atoms. The Hall–Kier alpha value is -1.95. The van der Waals surface area contributed by atoms with Gasteiger partial charge < -0.3 is 0 Å². The number of hydrazone groups is 1. The summed E-state index contributed by atoms with van der Waals surface area (Å²) in [6.07, 6.45) is 6.27. The molecular formula is C14H17FN4O. The lowest BCUT2D eigenvalue weighted by molar-refractivity contribution is -0.121. The molecule has 106 valence electrons. The number of hydrogen-bond acceptors (Lipinski definition) is 4. The first kappa shape index (κ1) is 13.1. The van der Waals surface area contributed by atoms with E-state index in [9.17, 15) is 9.18 Å². The van der Waals surface area contributed by atoms with Gasteiger partial charge in [-0.05, 0) is 18.6 Å². The number of hydrogen-bond donors (Lipinski definition) is 2. The summed E-state index contributed by atoms with van der Waals surface area (Å²) >= 11 is 0. The molecule has 0 aromatic carbocycles. The summed E-state index contributed by atoms with van der Waals surface area (Å²) in [4.78, 5) is 11.3. The quantitative estimate of drug-likeness (QED) is 0.807. The predicted molar refractivity (Wildman–Crippen MR) is 73.8 cm³/mol. The standard InChI is InChI=1S/C14H17FN4O/c1-3-10-6-12-11(5-9(15)7-19(12)18-10)14-8(2)4-13(20)16-17-14/h5-8,10,18H,3-4H2,1-2H3,(H,16,20). The van der Waals surface area contributed by atoms with Crippen molar-refractivity contribution in [1.82, 2.24) is 15.9 Å². The molecule has 1 amide bonds. The number of rotatable bonds is 2. The highest BCUT2D eigenvalue weighted by Crippen LogP contribution is 2.32. The molecule has 2 atom stereocenters. The molecule has 2 N–H and O–H groups in total. The summed E-state index contributed by atoms with van der Waals surface area (Å²) in [7, 11) is 0. The van der Waals surface area contributed by atoms with E-state index in [2.05, 4.69) is 29.0 Å². The van der Waals surface area contributed by atoms with Crippen LogP contribution < -0.4 is 10.9 Å². The van der Waals surface area contributed by atoms with E-state index in [0.717, 1.165) is 23.4 Å². The van der Waals surface area contributed by atoms with Crippen molar-refractivity contribution in [2.45, 2.75) is 32.7 Å². The van der Waals surface area contributed by atoms with Crippen LogP contribution in [0.4, 0.5) is 4.39 Å². The van der Waals surface area contributed by atoms with Gasteiger partial charge in [-0.2, -0.15) is 5.10 Å². The van der Waals surface area contributed by atoms with E-state index in [1.54, 1.807) is 5.01 Å². The van der Waals surface area contributed by atoms with Crippen LogP contribution in [-0.4, -0.2) is 22.7 Å². The fourth-order valence-corrected chi connectivity index (χ4v) is 2.65. The second-order valence-electron chi connectivity index (χ2n) is 5.27. The zero-order valence-corrected chi connectivity index (χ0v) is 11.5. The van der Waals surface area contributed by atoms with Gasteiger partial charge >= 0.3 is 0 Å². The van der Waals surface area contributed by atoms with E-state index in [-0.39, 0.29) is 23.7 Å². The summed E-state index contributed by atoms with van der Waals surface area (Å²) < 4.78 is 13.8. The zero-order valence-electron chi connectivity index (χ0n) is 11.5. The first-order valence-electron chi connectivity index (χ1n) is 6.82. The van der Waals surface area contributed by atoms with Crippen LogP contribution in [0.2, 0.25) is 0 Å². The summed E-state index contributed by atoms with van der Waals surface area (Å²) in [6, 6.07) is 0.185. The van der Waals surface area contributed by atoms with Crippen molar-refractivity contribution in [2.24, 2.45) is 11.0 Å². The Morgan fingerprint density at radius 3 is 3.05 bits per heavy atom. The minimum atomic E-state index is -0.326. The number of carbonyl (C=O) groups is 1. The van der Waals surface area contributed by atoms with Gasteiger partial charge in [0.1, 0.15) is 5.83 Å². The van der Waals surface area contributed by atoms with Crippen molar-refractivity contribution in [1.29, 1.82) is 0 Å². The highest BCUT2D eigenvalue weighted by Gasteiger charge is 2.32. The van der Waals surface area contributed by atoms with E-state index in [1.165, 1.54) is 12.3 Å². The van der Waals surface area contributed by atoms with Crippen molar-refractivity contribution in [3.05, 3.63) is 35.4 Å². The fraction of sp³-hybridized carbons (Fsp3) is 0.429. The van der Waals surface area contributed by atoms with Gasteiger partial charge in [0, 0.05) is 24.0 Å². The topological polar surface area (TPSA) is 56.7 Å². The molecule has 0 saturated carbocycles. The lowest BCUT2D eigenvalue weighted by Crippen LogP contribution is -2.37. The Bertz CT molecular complexity index is 576. The van der Waals surface area contributed by atoms with E-state index in [4.69, 9.17) is 0 Å².